The largest absolute Gasteiger partial charge is 0.493 e. The average molecular weight is 219 g/mol. The molecule has 0 aliphatic rings. The Morgan fingerprint density at radius 2 is 2.12 bits per heavy atom. The Hall–Kier alpha value is -1.51. The molecule has 0 spiro atoms. The number of rotatable bonds is 4. The summed E-state index contributed by atoms with van der Waals surface area (Å²) in [7, 11) is 0. The van der Waals surface area contributed by atoms with Crippen molar-refractivity contribution in [3.05, 3.63) is 23.6 Å². The van der Waals surface area contributed by atoms with Crippen molar-refractivity contribution in [2.45, 2.75) is 33.6 Å². The minimum absolute atomic E-state index is 0.698. The third-order valence-corrected chi connectivity index (χ3v) is 2.63. The van der Waals surface area contributed by atoms with Crippen LogP contribution in [-0.4, -0.2) is 11.6 Å². The van der Waals surface area contributed by atoms with Crippen LogP contribution in [0.5, 0.6) is 5.75 Å². The van der Waals surface area contributed by atoms with Crippen LogP contribution in [0.25, 0.3) is 11.1 Å². The molecule has 0 unspecified atom stereocenters. The van der Waals surface area contributed by atoms with E-state index in [9.17, 15) is 0 Å². The summed E-state index contributed by atoms with van der Waals surface area (Å²) >= 11 is 0. The van der Waals surface area contributed by atoms with E-state index in [2.05, 4.69) is 11.9 Å². The predicted molar refractivity (Wildman–Crippen MR) is 63.9 cm³/mol. The second kappa shape index (κ2) is 4.56. The van der Waals surface area contributed by atoms with Crippen LogP contribution in [0.1, 0.15) is 31.2 Å². The SMILES string of the molecule is CCCCOc1ccc2oc(C)nc2c1C. The van der Waals surface area contributed by atoms with Crippen LogP contribution in [0.4, 0.5) is 0 Å². The van der Waals surface area contributed by atoms with Crippen molar-refractivity contribution >= 4 is 11.1 Å². The first kappa shape index (κ1) is 11.0. The molecule has 1 heterocycles. The van der Waals surface area contributed by atoms with Crippen LogP contribution in [0.2, 0.25) is 0 Å². The first-order valence-electron chi connectivity index (χ1n) is 5.72. The maximum absolute atomic E-state index is 5.71. The van der Waals surface area contributed by atoms with Crippen molar-refractivity contribution in [2.24, 2.45) is 0 Å². The van der Waals surface area contributed by atoms with Gasteiger partial charge in [0.05, 0.1) is 6.61 Å². The molecular formula is C13H17NO2. The zero-order chi connectivity index (χ0) is 11.5. The summed E-state index contributed by atoms with van der Waals surface area (Å²) in [5.74, 6) is 1.61. The van der Waals surface area contributed by atoms with E-state index in [1.165, 1.54) is 0 Å². The molecule has 2 aromatic rings. The summed E-state index contributed by atoms with van der Waals surface area (Å²) in [6.45, 7) is 6.79. The van der Waals surface area contributed by atoms with Crippen molar-refractivity contribution in [3.8, 4) is 5.75 Å². The predicted octanol–water partition coefficient (Wildman–Crippen LogP) is 3.62. The van der Waals surface area contributed by atoms with Gasteiger partial charge in [-0.1, -0.05) is 13.3 Å². The highest BCUT2D eigenvalue weighted by Gasteiger charge is 2.09. The zero-order valence-corrected chi connectivity index (χ0v) is 10.0. The van der Waals surface area contributed by atoms with Crippen molar-refractivity contribution in [1.29, 1.82) is 0 Å². The van der Waals surface area contributed by atoms with Gasteiger partial charge >= 0.3 is 0 Å². The Morgan fingerprint density at radius 3 is 2.88 bits per heavy atom. The van der Waals surface area contributed by atoms with Crippen LogP contribution in [0.15, 0.2) is 16.5 Å². The Balaban J connectivity index is 2.29. The van der Waals surface area contributed by atoms with Gasteiger partial charge in [-0.15, -0.1) is 0 Å². The number of fused-ring (bicyclic) bond motifs is 1. The van der Waals surface area contributed by atoms with Gasteiger partial charge in [-0.2, -0.15) is 0 Å². The molecule has 0 radical (unpaired) electrons. The Labute approximate surface area is 95.4 Å². The van der Waals surface area contributed by atoms with E-state index in [-0.39, 0.29) is 0 Å². The van der Waals surface area contributed by atoms with Gasteiger partial charge < -0.3 is 9.15 Å². The molecule has 0 N–H and O–H groups in total. The van der Waals surface area contributed by atoms with Gasteiger partial charge in [-0.25, -0.2) is 4.98 Å². The topological polar surface area (TPSA) is 35.3 Å². The highest BCUT2D eigenvalue weighted by Crippen LogP contribution is 2.27. The van der Waals surface area contributed by atoms with Gasteiger partial charge in [0.1, 0.15) is 11.3 Å². The first-order chi connectivity index (χ1) is 7.72. The van der Waals surface area contributed by atoms with E-state index in [0.717, 1.165) is 41.9 Å². The average Bonchev–Trinajstić information content (AvgIpc) is 2.64. The van der Waals surface area contributed by atoms with Crippen molar-refractivity contribution in [3.63, 3.8) is 0 Å². The molecule has 0 bridgehead atoms. The van der Waals surface area contributed by atoms with Crippen LogP contribution < -0.4 is 4.74 Å². The lowest BCUT2D eigenvalue weighted by molar-refractivity contribution is 0.308. The number of unbranched alkanes of at least 4 members (excludes halogenated alkanes) is 1. The quantitative estimate of drug-likeness (QED) is 0.736. The molecule has 3 heteroatoms. The van der Waals surface area contributed by atoms with Gasteiger partial charge in [-0.05, 0) is 25.5 Å². The monoisotopic (exact) mass is 219 g/mol. The van der Waals surface area contributed by atoms with Gasteiger partial charge in [0.15, 0.2) is 11.5 Å². The number of aryl methyl sites for hydroxylation is 2. The molecule has 1 aromatic heterocycles. The van der Waals surface area contributed by atoms with Crippen molar-refractivity contribution in [1.82, 2.24) is 4.98 Å². The number of ether oxygens (including phenoxy) is 1. The molecule has 3 nitrogen and oxygen atoms in total. The second-order valence-electron chi connectivity index (χ2n) is 3.97. The number of aromatic nitrogens is 1. The summed E-state index contributed by atoms with van der Waals surface area (Å²) in [4.78, 5) is 4.35. The fraction of sp³-hybridized carbons (Fsp3) is 0.462. The highest BCUT2D eigenvalue weighted by molar-refractivity contribution is 5.79. The molecule has 0 atom stereocenters. The number of benzene rings is 1. The number of hydrogen-bond acceptors (Lipinski definition) is 3. The molecule has 0 saturated carbocycles. The zero-order valence-electron chi connectivity index (χ0n) is 10.0. The number of hydrogen-bond donors (Lipinski definition) is 0. The number of nitrogens with zero attached hydrogens (tertiary/aromatic N) is 1. The second-order valence-corrected chi connectivity index (χ2v) is 3.97. The molecule has 1 aromatic carbocycles. The lowest BCUT2D eigenvalue weighted by atomic mass is 10.2. The Bertz CT molecular complexity index is 488. The van der Waals surface area contributed by atoms with Gasteiger partial charge in [0.25, 0.3) is 0 Å². The minimum Gasteiger partial charge on any atom is -0.493 e. The van der Waals surface area contributed by atoms with Crippen LogP contribution >= 0.6 is 0 Å². The van der Waals surface area contributed by atoms with E-state index in [1.54, 1.807) is 0 Å². The third kappa shape index (κ3) is 2.03. The van der Waals surface area contributed by atoms with Crippen molar-refractivity contribution < 1.29 is 9.15 Å². The summed E-state index contributed by atoms with van der Waals surface area (Å²) in [5, 5.41) is 0. The lowest BCUT2D eigenvalue weighted by Gasteiger charge is -2.07. The Morgan fingerprint density at radius 1 is 1.31 bits per heavy atom. The summed E-state index contributed by atoms with van der Waals surface area (Å²) in [6, 6.07) is 3.88. The van der Waals surface area contributed by atoms with E-state index in [0.29, 0.717) is 5.89 Å². The van der Waals surface area contributed by atoms with E-state index in [1.807, 2.05) is 26.0 Å². The smallest absolute Gasteiger partial charge is 0.192 e. The maximum Gasteiger partial charge on any atom is 0.192 e. The lowest BCUT2D eigenvalue weighted by Crippen LogP contribution is -1.98. The molecule has 0 aliphatic carbocycles. The molecule has 0 aliphatic heterocycles. The highest BCUT2D eigenvalue weighted by atomic mass is 16.5. The fourth-order valence-electron chi connectivity index (χ4n) is 1.70. The standard InChI is InChI=1S/C13H17NO2/c1-4-5-8-15-11-6-7-12-13(9(11)2)14-10(3)16-12/h6-7H,4-5,8H2,1-3H3. The van der Waals surface area contributed by atoms with Gasteiger partial charge in [0.2, 0.25) is 0 Å². The maximum atomic E-state index is 5.71. The van der Waals surface area contributed by atoms with E-state index >= 15 is 0 Å². The van der Waals surface area contributed by atoms with Gasteiger partial charge in [0, 0.05) is 12.5 Å². The normalized spacial score (nSPS) is 10.9. The van der Waals surface area contributed by atoms with E-state index < -0.39 is 0 Å². The molecule has 2 rings (SSSR count). The van der Waals surface area contributed by atoms with Crippen LogP contribution in [0.3, 0.4) is 0 Å². The first-order valence-corrected chi connectivity index (χ1v) is 5.72. The third-order valence-electron chi connectivity index (χ3n) is 2.63. The molecule has 86 valence electrons. The number of oxazole rings is 1. The molecule has 0 fully saturated rings. The molecule has 0 amide bonds. The molecule has 16 heavy (non-hydrogen) atoms. The van der Waals surface area contributed by atoms with Gasteiger partial charge in [-0.3, -0.25) is 0 Å². The van der Waals surface area contributed by atoms with Crippen LogP contribution in [0, 0.1) is 13.8 Å². The fourth-order valence-corrected chi connectivity index (χ4v) is 1.70. The molecular weight excluding hydrogens is 202 g/mol. The summed E-state index contributed by atoms with van der Waals surface area (Å²) in [5.41, 5.74) is 2.80. The minimum atomic E-state index is 0.698. The summed E-state index contributed by atoms with van der Waals surface area (Å²) < 4.78 is 11.2. The van der Waals surface area contributed by atoms with E-state index in [4.69, 9.17) is 9.15 Å². The molecule has 0 saturated heterocycles. The van der Waals surface area contributed by atoms with Crippen molar-refractivity contribution in [2.75, 3.05) is 6.61 Å². The Kier molecular flexibility index (Phi) is 3.13. The summed E-state index contributed by atoms with van der Waals surface area (Å²) in [6.07, 6.45) is 2.22. The van der Waals surface area contributed by atoms with Crippen LogP contribution in [-0.2, 0) is 0 Å².